The Labute approximate surface area is 188 Å². The van der Waals surface area contributed by atoms with Gasteiger partial charge in [0.1, 0.15) is 12.4 Å². The van der Waals surface area contributed by atoms with E-state index in [4.69, 9.17) is 14.2 Å². The van der Waals surface area contributed by atoms with Crippen molar-refractivity contribution in [2.45, 2.75) is 25.4 Å². The number of esters is 1. The third-order valence-corrected chi connectivity index (χ3v) is 5.73. The highest BCUT2D eigenvalue weighted by molar-refractivity contribution is 5.72. The number of benzene rings is 3. The fourth-order valence-corrected chi connectivity index (χ4v) is 3.89. The number of ether oxygens (including phenoxy) is 3. The first kappa shape index (κ1) is 21.6. The highest BCUT2D eigenvalue weighted by atomic mass is 16.5. The molecule has 4 rings (SSSR count). The summed E-state index contributed by atoms with van der Waals surface area (Å²) in [4.78, 5) is 12.0. The smallest absolute Gasteiger partial charge is 0.306 e. The second-order valence-electron chi connectivity index (χ2n) is 7.92. The highest BCUT2D eigenvalue weighted by Gasteiger charge is 2.42. The molecule has 0 atom stereocenters. The molecule has 0 amide bonds. The van der Waals surface area contributed by atoms with Crippen LogP contribution in [0, 0.1) is 11.3 Å². The van der Waals surface area contributed by atoms with Crippen LogP contribution in [0.1, 0.15) is 30.0 Å². The highest BCUT2D eigenvalue weighted by Crippen LogP contribution is 2.37. The molecule has 3 aromatic carbocycles. The van der Waals surface area contributed by atoms with Crippen LogP contribution in [0.2, 0.25) is 0 Å². The van der Waals surface area contributed by atoms with E-state index >= 15 is 0 Å². The molecule has 0 unspecified atom stereocenters. The molecule has 1 aliphatic heterocycles. The number of nitrogens with zero attached hydrogens (tertiary/aromatic N) is 1. The maximum atomic E-state index is 12.0. The van der Waals surface area contributed by atoms with Crippen molar-refractivity contribution in [2.75, 3.05) is 19.8 Å². The monoisotopic (exact) mass is 427 g/mol. The lowest BCUT2D eigenvalue weighted by molar-refractivity contribution is -0.151. The van der Waals surface area contributed by atoms with Crippen LogP contribution in [0.4, 0.5) is 0 Å². The number of nitriles is 1. The van der Waals surface area contributed by atoms with E-state index in [9.17, 15) is 10.1 Å². The Morgan fingerprint density at radius 1 is 1.03 bits per heavy atom. The molecule has 0 N–H and O–H groups in total. The molecule has 5 heteroatoms. The number of carbonyl (C=O) groups is 1. The number of hydrogen-bond donors (Lipinski definition) is 0. The standard InChI is InChI=1S/C27H25NO4/c1-2-31-26(29)15-27(18-30-19-27)23-11-13-24(14-12-23)32-17-20-7-9-21(10-8-20)25-6-4-3-5-22(25)16-28/h3-14H,2,15,17-19H2,1H3. The summed E-state index contributed by atoms with van der Waals surface area (Å²) in [6.45, 7) is 3.68. The third kappa shape index (κ3) is 4.66. The average Bonchev–Trinajstić information content (AvgIpc) is 2.81. The Hall–Kier alpha value is -3.62. The van der Waals surface area contributed by atoms with Crippen LogP contribution < -0.4 is 4.74 Å². The van der Waals surface area contributed by atoms with Crippen molar-refractivity contribution in [1.82, 2.24) is 0 Å². The molecule has 0 saturated carbocycles. The molecule has 1 heterocycles. The van der Waals surface area contributed by atoms with Gasteiger partial charge in [-0.3, -0.25) is 4.79 Å². The fraction of sp³-hybridized carbons (Fsp3) is 0.259. The van der Waals surface area contributed by atoms with Crippen molar-refractivity contribution in [3.63, 3.8) is 0 Å². The Morgan fingerprint density at radius 2 is 1.75 bits per heavy atom. The molecular formula is C27H25NO4. The normalized spacial score (nSPS) is 14.1. The lowest BCUT2D eigenvalue weighted by Gasteiger charge is -2.41. The van der Waals surface area contributed by atoms with Crippen LogP contribution in [0.15, 0.2) is 72.8 Å². The maximum absolute atomic E-state index is 12.0. The summed E-state index contributed by atoms with van der Waals surface area (Å²) < 4.78 is 16.5. The molecule has 0 aliphatic carbocycles. The van der Waals surface area contributed by atoms with Gasteiger partial charge in [-0.25, -0.2) is 0 Å². The molecular weight excluding hydrogens is 402 g/mol. The van der Waals surface area contributed by atoms with Gasteiger partial charge in [0.05, 0.1) is 43.3 Å². The number of hydrogen-bond acceptors (Lipinski definition) is 5. The molecule has 1 fully saturated rings. The van der Waals surface area contributed by atoms with Gasteiger partial charge < -0.3 is 14.2 Å². The molecule has 1 saturated heterocycles. The predicted octanol–water partition coefficient (Wildman–Crippen LogP) is 5.03. The summed E-state index contributed by atoms with van der Waals surface area (Å²) in [7, 11) is 0. The lowest BCUT2D eigenvalue weighted by Crippen LogP contribution is -2.48. The number of rotatable bonds is 8. The predicted molar refractivity (Wildman–Crippen MR) is 121 cm³/mol. The fourth-order valence-electron chi connectivity index (χ4n) is 3.89. The van der Waals surface area contributed by atoms with Gasteiger partial charge in [0.25, 0.3) is 0 Å². The molecule has 32 heavy (non-hydrogen) atoms. The first-order chi connectivity index (χ1) is 15.6. The topological polar surface area (TPSA) is 68.5 Å². The van der Waals surface area contributed by atoms with Crippen LogP contribution in [0.5, 0.6) is 5.75 Å². The van der Waals surface area contributed by atoms with Gasteiger partial charge in [-0.05, 0) is 47.4 Å². The average molecular weight is 428 g/mol. The van der Waals surface area contributed by atoms with Crippen molar-refractivity contribution < 1.29 is 19.0 Å². The molecule has 3 aromatic rings. The van der Waals surface area contributed by atoms with Gasteiger partial charge in [-0.2, -0.15) is 5.26 Å². The zero-order valence-electron chi connectivity index (χ0n) is 18.0. The molecule has 162 valence electrons. The minimum absolute atomic E-state index is 0.197. The first-order valence-corrected chi connectivity index (χ1v) is 10.7. The van der Waals surface area contributed by atoms with E-state index in [2.05, 4.69) is 6.07 Å². The van der Waals surface area contributed by atoms with E-state index in [0.717, 1.165) is 28.0 Å². The number of carbonyl (C=O) groups excluding carboxylic acids is 1. The molecule has 0 aromatic heterocycles. The van der Waals surface area contributed by atoms with Crippen LogP contribution in [-0.4, -0.2) is 25.8 Å². The Kier molecular flexibility index (Phi) is 6.53. The zero-order valence-corrected chi connectivity index (χ0v) is 18.0. The van der Waals surface area contributed by atoms with Gasteiger partial charge in [0.15, 0.2) is 0 Å². The van der Waals surface area contributed by atoms with Crippen molar-refractivity contribution in [2.24, 2.45) is 0 Å². The maximum Gasteiger partial charge on any atom is 0.306 e. The second kappa shape index (κ2) is 9.67. The minimum atomic E-state index is -0.305. The van der Waals surface area contributed by atoms with Crippen LogP contribution in [0.25, 0.3) is 11.1 Å². The van der Waals surface area contributed by atoms with E-state index in [-0.39, 0.29) is 11.4 Å². The Morgan fingerprint density at radius 3 is 2.38 bits per heavy atom. The van der Waals surface area contributed by atoms with Crippen molar-refractivity contribution in [3.8, 4) is 22.9 Å². The summed E-state index contributed by atoms with van der Waals surface area (Å²) in [5, 5.41) is 9.30. The summed E-state index contributed by atoms with van der Waals surface area (Å²) in [6, 6.07) is 25.7. The van der Waals surface area contributed by atoms with E-state index in [0.29, 0.717) is 38.4 Å². The molecule has 1 aliphatic rings. The molecule has 0 spiro atoms. The lowest BCUT2D eigenvalue weighted by atomic mass is 9.76. The summed E-state index contributed by atoms with van der Waals surface area (Å²) in [5.41, 5.74) is 4.39. The Bertz CT molecular complexity index is 1110. The summed E-state index contributed by atoms with van der Waals surface area (Å²) in [6.07, 6.45) is 0.322. The third-order valence-electron chi connectivity index (χ3n) is 5.73. The minimum Gasteiger partial charge on any atom is -0.489 e. The van der Waals surface area contributed by atoms with Crippen molar-refractivity contribution in [1.29, 1.82) is 5.26 Å². The second-order valence-corrected chi connectivity index (χ2v) is 7.92. The molecule has 0 radical (unpaired) electrons. The first-order valence-electron chi connectivity index (χ1n) is 10.7. The quantitative estimate of drug-likeness (QED) is 0.472. The van der Waals surface area contributed by atoms with Crippen molar-refractivity contribution >= 4 is 5.97 Å². The van der Waals surface area contributed by atoms with E-state index in [1.807, 2.05) is 79.7 Å². The SMILES string of the molecule is CCOC(=O)CC1(c2ccc(OCc3ccc(-c4ccccc4C#N)cc3)cc2)COC1. The van der Waals surface area contributed by atoms with Gasteiger partial charge in [-0.1, -0.05) is 54.6 Å². The van der Waals surface area contributed by atoms with Gasteiger partial charge in [0, 0.05) is 0 Å². The van der Waals surface area contributed by atoms with E-state index in [1.165, 1.54) is 0 Å². The van der Waals surface area contributed by atoms with E-state index in [1.54, 1.807) is 0 Å². The van der Waals surface area contributed by atoms with Gasteiger partial charge >= 0.3 is 5.97 Å². The molecule has 0 bridgehead atoms. The summed E-state index contributed by atoms with van der Waals surface area (Å²) >= 11 is 0. The summed E-state index contributed by atoms with van der Waals surface area (Å²) in [5.74, 6) is 0.566. The largest absolute Gasteiger partial charge is 0.489 e. The van der Waals surface area contributed by atoms with Crippen molar-refractivity contribution in [3.05, 3.63) is 89.5 Å². The van der Waals surface area contributed by atoms with E-state index < -0.39 is 0 Å². The van der Waals surface area contributed by atoms with Crippen LogP contribution >= 0.6 is 0 Å². The van der Waals surface area contributed by atoms with Gasteiger partial charge in [-0.15, -0.1) is 0 Å². The zero-order chi connectivity index (χ0) is 22.4. The van der Waals surface area contributed by atoms with Crippen LogP contribution in [0.3, 0.4) is 0 Å². The Balaban J connectivity index is 1.38. The van der Waals surface area contributed by atoms with Crippen LogP contribution in [-0.2, 0) is 26.3 Å². The van der Waals surface area contributed by atoms with Gasteiger partial charge in [0.2, 0.25) is 0 Å². The molecule has 5 nitrogen and oxygen atoms in total.